The molecule has 0 spiro atoms. The van der Waals surface area contributed by atoms with E-state index in [2.05, 4.69) is 0 Å². The van der Waals surface area contributed by atoms with Gasteiger partial charge in [-0.3, -0.25) is 14.5 Å². The van der Waals surface area contributed by atoms with Gasteiger partial charge in [-0.1, -0.05) is 30.3 Å². The minimum Gasteiger partial charge on any atom is -0.459 e. The van der Waals surface area contributed by atoms with E-state index in [1.165, 1.54) is 0 Å². The van der Waals surface area contributed by atoms with Crippen molar-refractivity contribution >= 4 is 11.9 Å². The Hall–Kier alpha value is -1.88. The van der Waals surface area contributed by atoms with Crippen molar-refractivity contribution in [2.75, 3.05) is 0 Å². The number of carbonyl (C=O) groups excluding carboxylic acids is 2. The summed E-state index contributed by atoms with van der Waals surface area (Å²) in [6.45, 7) is 11.6. The number of benzene rings is 1. The number of carbonyl (C=O) groups is 2. The lowest BCUT2D eigenvalue weighted by molar-refractivity contribution is -0.165. The monoisotopic (exact) mass is 361 g/mol. The van der Waals surface area contributed by atoms with Gasteiger partial charge in [-0.25, -0.2) is 0 Å². The average molecular weight is 361 g/mol. The van der Waals surface area contributed by atoms with Gasteiger partial charge in [0.05, 0.1) is 0 Å². The minimum absolute atomic E-state index is 0.278. The molecule has 0 amide bonds. The van der Waals surface area contributed by atoms with Gasteiger partial charge >= 0.3 is 11.9 Å². The molecule has 0 unspecified atom stereocenters. The summed E-state index contributed by atoms with van der Waals surface area (Å²) in [5, 5.41) is 0. The standard InChI is InChI=1S/C21H31NO4/c1-20(2,3)25-18(23)16-12-13-17(19(24)26-21(4,5)6)22(16)14-15-10-8-7-9-11-15/h7-11,16-17H,12-14H2,1-6H3/t16-,17+. The van der Waals surface area contributed by atoms with Gasteiger partial charge in [0.1, 0.15) is 23.3 Å². The first kappa shape index (κ1) is 20.4. The molecule has 144 valence electrons. The summed E-state index contributed by atoms with van der Waals surface area (Å²) in [5.74, 6) is -0.557. The van der Waals surface area contributed by atoms with Crippen molar-refractivity contribution in [3.05, 3.63) is 35.9 Å². The molecule has 1 heterocycles. The smallest absolute Gasteiger partial charge is 0.323 e. The lowest BCUT2D eigenvalue weighted by Crippen LogP contribution is -2.47. The molecule has 0 saturated carbocycles. The summed E-state index contributed by atoms with van der Waals surface area (Å²) in [5.41, 5.74) is -0.0598. The molecule has 1 aromatic rings. The highest BCUT2D eigenvalue weighted by Crippen LogP contribution is 2.30. The van der Waals surface area contributed by atoms with Crippen molar-refractivity contribution in [3.8, 4) is 0 Å². The molecule has 1 fully saturated rings. The van der Waals surface area contributed by atoms with Gasteiger partial charge in [-0.2, -0.15) is 0 Å². The van der Waals surface area contributed by atoms with Crippen LogP contribution in [0.4, 0.5) is 0 Å². The van der Waals surface area contributed by atoms with Crippen LogP contribution in [0.25, 0.3) is 0 Å². The van der Waals surface area contributed by atoms with Crippen molar-refractivity contribution in [1.29, 1.82) is 0 Å². The number of hydrogen-bond acceptors (Lipinski definition) is 5. The quantitative estimate of drug-likeness (QED) is 0.765. The second kappa shape index (κ2) is 7.78. The predicted molar refractivity (Wildman–Crippen MR) is 100 cm³/mol. The maximum absolute atomic E-state index is 12.7. The molecule has 1 saturated heterocycles. The minimum atomic E-state index is -0.556. The van der Waals surface area contributed by atoms with Crippen molar-refractivity contribution in [3.63, 3.8) is 0 Å². The molecule has 1 aromatic carbocycles. The summed E-state index contributed by atoms with van der Waals surface area (Å²) < 4.78 is 11.2. The van der Waals surface area contributed by atoms with Gasteiger partial charge in [-0.05, 0) is 59.9 Å². The van der Waals surface area contributed by atoms with E-state index in [1.807, 2.05) is 76.8 Å². The van der Waals surface area contributed by atoms with E-state index < -0.39 is 23.3 Å². The van der Waals surface area contributed by atoms with E-state index in [4.69, 9.17) is 9.47 Å². The fraction of sp³-hybridized carbons (Fsp3) is 0.619. The normalized spacial score (nSPS) is 21.5. The van der Waals surface area contributed by atoms with Gasteiger partial charge in [-0.15, -0.1) is 0 Å². The molecular formula is C21H31NO4. The third-order valence-corrected chi connectivity index (χ3v) is 4.08. The molecule has 1 aliphatic rings. The molecule has 0 aromatic heterocycles. The largest absolute Gasteiger partial charge is 0.459 e. The number of ether oxygens (including phenoxy) is 2. The van der Waals surface area contributed by atoms with Crippen LogP contribution in [-0.4, -0.2) is 40.1 Å². The van der Waals surface area contributed by atoms with Gasteiger partial charge in [0.15, 0.2) is 0 Å². The van der Waals surface area contributed by atoms with Gasteiger partial charge in [0.2, 0.25) is 0 Å². The Bertz CT molecular complexity index is 592. The zero-order valence-electron chi connectivity index (χ0n) is 16.7. The number of rotatable bonds is 4. The second-order valence-electron chi connectivity index (χ2n) is 8.83. The van der Waals surface area contributed by atoms with E-state index in [0.29, 0.717) is 19.4 Å². The molecule has 0 N–H and O–H groups in total. The first-order valence-corrected chi connectivity index (χ1v) is 9.22. The lowest BCUT2D eigenvalue weighted by Gasteiger charge is -2.31. The molecule has 5 nitrogen and oxygen atoms in total. The summed E-state index contributed by atoms with van der Waals surface area (Å²) in [6.07, 6.45) is 1.18. The molecule has 1 aliphatic heterocycles. The Morgan fingerprint density at radius 3 is 1.69 bits per heavy atom. The van der Waals surface area contributed by atoms with Crippen molar-refractivity contribution in [2.45, 2.75) is 84.2 Å². The molecule has 2 rings (SSSR count). The maximum Gasteiger partial charge on any atom is 0.323 e. The third kappa shape index (κ3) is 5.84. The van der Waals surface area contributed by atoms with Crippen LogP contribution in [-0.2, 0) is 25.6 Å². The highest BCUT2D eigenvalue weighted by atomic mass is 16.6. The van der Waals surface area contributed by atoms with Gasteiger partial charge in [0, 0.05) is 6.54 Å². The Kier molecular flexibility index (Phi) is 6.12. The topological polar surface area (TPSA) is 55.8 Å². The first-order valence-electron chi connectivity index (χ1n) is 9.22. The molecule has 26 heavy (non-hydrogen) atoms. The van der Waals surface area contributed by atoms with E-state index in [9.17, 15) is 9.59 Å². The van der Waals surface area contributed by atoms with Crippen LogP contribution in [0.1, 0.15) is 59.9 Å². The van der Waals surface area contributed by atoms with Crippen molar-refractivity contribution in [1.82, 2.24) is 4.90 Å². The Balaban J connectivity index is 2.22. The number of nitrogens with zero attached hydrogens (tertiary/aromatic N) is 1. The second-order valence-corrected chi connectivity index (χ2v) is 8.83. The van der Waals surface area contributed by atoms with Crippen LogP contribution in [0, 0.1) is 0 Å². The molecule has 0 aliphatic carbocycles. The van der Waals surface area contributed by atoms with E-state index in [0.717, 1.165) is 5.56 Å². The zero-order valence-corrected chi connectivity index (χ0v) is 16.7. The zero-order chi connectivity index (χ0) is 19.5. The van der Waals surface area contributed by atoms with Crippen molar-refractivity contribution < 1.29 is 19.1 Å². The number of likely N-dealkylation sites (tertiary alicyclic amines) is 1. The number of esters is 2. The Morgan fingerprint density at radius 2 is 1.31 bits per heavy atom. The van der Waals surface area contributed by atoms with Gasteiger partial charge in [0.25, 0.3) is 0 Å². The number of hydrogen-bond donors (Lipinski definition) is 0. The first-order chi connectivity index (χ1) is 12.0. The van der Waals surface area contributed by atoms with E-state index >= 15 is 0 Å². The Morgan fingerprint density at radius 1 is 0.885 bits per heavy atom. The predicted octanol–water partition coefficient (Wildman–Crippen LogP) is 3.70. The van der Waals surface area contributed by atoms with Crippen LogP contribution >= 0.6 is 0 Å². The average Bonchev–Trinajstić information content (AvgIpc) is 2.88. The van der Waals surface area contributed by atoms with Crippen LogP contribution in [0.2, 0.25) is 0 Å². The van der Waals surface area contributed by atoms with Crippen molar-refractivity contribution in [2.24, 2.45) is 0 Å². The molecular weight excluding hydrogens is 330 g/mol. The highest BCUT2D eigenvalue weighted by molar-refractivity contribution is 5.81. The SMILES string of the molecule is CC(C)(C)OC(=O)[C@H]1CC[C@@H](C(=O)OC(C)(C)C)N1Cc1ccccc1. The summed E-state index contributed by atoms with van der Waals surface area (Å²) in [7, 11) is 0. The van der Waals surface area contributed by atoms with E-state index in [-0.39, 0.29) is 11.9 Å². The summed E-state index contributed by atoms with van der Waals surface area (Å²) in [6, 6.07) is 8.98. The molecule has 2 atom stereocenters. The van der Waals surface area contributed by atoms with E-state index in [1.54, 1.807) is 0 Å². The molecule has 5 heteroatoms. The van der Waals surface area contributed by atoms with Crippen LogP contribution < -0.4 is 0 Å². The Labute approximate surface area is 156 Å². The van der Waals surface area contributed by atoms with Crippen LogP contribution in [0.5, 0.6) is 0 Å². The summed E-state index contributed by atoms with van der Waals surface area (Å²) in [4.78, 5) is 27.3. The van der Waals surface area contributed by atoms with Crippen LogP contribution in [0.3, 0.4) is 0 Å². The van der Waals surface area contributed by atoms with Crippen LogP contribution in [0.15, 0.2) is 30.3 Å². The lowest BCUT2D eigenvalue weighted by atomic mass is 10.1. The molecule has 0 radical (unpaired) electrons. The fourth-order valence-corrected chi connectivity index (χ4v) is 3.13. The fourth-order valence-electron chi connectivity index (χ4n) is 3.13. The molecule has 0 bridgehead atoms. The highest BCUT2D eigenvalue weighted by Gasteiger charge is 2.44. The summed E-state index contributed by atoms with van der Waals surface area (Å²) >= 11 is 0. The maximum atomic E-state index is 12.7. The van der Waals surface area contributed by atoms with Gasteiger partial charge < -0.3 is 9.47 Å². The third-order valence-electron chi connectivity index (χ3n) is 4.08.